The second kappa shape index (κ2) is 5.33. The van der Waals surface area contributed by atoms with Crippen molar-refractivity contribution in [2.75, 3.05) is 18.5 Å². The molecule has 2 amide bonds. The van der Waals surface area contributed by atoms with Crippen molar-refractivity contribution in [3.05, 3.63) is 17.8 Å². The molecule has 2 heterocycles. The molecule has 18 heavy (non-hydrogen) atoms. The van der Waals surface area contributed by atoms with E-state index in [1.807, 2.05) is 53.8 Å². The van der Waals surface area contributed by atoms with Gasteiger partial charge in [0, 0.05) is 7.05 Å². The number of nitrogens with zero attached hydrogens (tertiary/aromatic N) is 4. The Hall–Kier alpha value is -1.65. The molecule has 1 saturated heterocycles. The zero-order valence-electron chi connectivity index (χ0n) is 12.1. The standard InChI is InChI=1S/C11H16N4O.C2H6/c1-8-5-6-9(13-12-8)15-7-11(2,3)14(4)10(15)16;1-2/h5-6H,7H2,1-4H3;1-2H3. The van der Waals surface area contributed by atoms with E-state index in [4.69, 9.17) is 0 Å². The molecular formula is C13H22N4O. The second-order valence-electron chi connectivity index (χ2n) is 4.77. The van der Waals surface area contributed by atoms with Crippen molar-refractivity contribution in [3.8, 4) is 0 Å². The summed E-state index contributed by atoms with van der Waals surface area (Å²) in [4.78, 5) is 15.4. The minimum Gasteiger partial charge on any atom is -0.320 e. The Morgan fingerprint density at radius 2 is 1.83 bits per heavy atom. The molecule has 0 saturated carbocycles. The van der Waals surface area contributed by atoms with Gasteiger partial charge in [-0.05, 0) is 32.9 Å². The molecule has 0 aliphatic carbocycles. The number of carbonyl (C=O) groups is 1. The molecule has 1 fully saturated rings. The highest BCUT2D eigenvalue weighted by molar-refractivity contribution is 5.94. The summed E-state index contributed by atoms with van der Waals surface area (Å²) in [5.74, 6) is 0.619. The summed E-state index contributed by atoms with van der Waals surface area (Å²) in [5.41, 5.74) is 0.687. The Kier molecular flexibility index (Phi) is 4.27. The number of likely N-dealkylation sites (N-methyl/N-ethyl adjacent to an activating group) is 1. The van der Waals surface area contributed by atoms with E-state index in [-0.39, 0.29) is 11.6 Å². The van der Waals surface area contributed by atoms with Gasteiger partial charge in [-0.25, -0.2) is 4.79 Å². The van der Waals surface area contributed by atoms with E-state index < -0.39 is 0 Å². The van der Waals surface area contributed by atoms with E-state index in [9.17, 15) is 4.79 Å². The molecular weight excluding hydrogens is 228 g/mol. The lowest BCUT2D eigenvalue weighted by atomic mass is 10.1. The third-order valence-corrected chi connectivity index (χ3v) is 3.03. The fourth-order valence-corrected chi connectivity index (χ4v) is 1.72. The Labute approximate surface area is 109 Å². The predicted octanol–water partition coefficient (Wildman–Crippen LogP) is 2.46. The number of aromatic nitrogens is 2. The molecule has 0 unspecified atom stereocenters. The van der Waals surface area contributed by atoms with Crippen molar-refractivity contribution in [3.63, 3.8) is 0 Å². The van der Waals surface area contributed by atoms with Crippen LogP contribution in [0.4, 0.5) is 10.6 Å². The number of rotatable bonds is 1. The highest BCUT2D eigenvalue weighted by Crippen LogP contribution is 2.27. The van der Waals surface area contributed by atoms with Crippen LogP contribution in [0.25, 0.3) is 0 Å². The van der Waals surface area contributed by atoms with Gasteiger partial charge in [0.15, 0.2) is 5.82 Å². The molecule has 1 aliphatic rings. The molecule has 100 valence electrons. The second-order valence-corrected chi connectivity index (χ2v) is 4.77. The van der Waals surface area contributed by atoms with Crippen LogP contribution >= 0.6 is 0 Å². The smallest absolute Gasteiger partial charge is 0.320 e. The van der Waals surface area contributed by atoms with Crippen LogP contribution in [0, 0.1) is 6.92 Å². The molecule has 0 spiro atoms. The normalized spacial score (nSPS) is 17.6. The maximum absolute atomic E-state index is 12.0. The van der Waals surface area contributed by atoms with E-state index in [1.54, 1.807) is 9.80 Å². The van der Waals surface area contributed by atoms with Gasteiger partial charge in [-0.2, -0.15) is 5.10 Å². The lowest BCUT2D eigenvalue weighted by molar-refractivity contribution is 0.198. The maximum Gasteiger partial charge on any atom is 0.326 e. The minimum atomic E-state index is -0.163. The Morgan fingerprint density at radius 3 is 2.22 bits per heavy atom. The number of urea groups is 1. The third kappa shape index (κ3) is 2.60. The summed E-state index contributed by atoms with van der Waals surface area (Å²) in [7, 11) is 1.81. The Morgan fingerprint density at radius 1 is 1.22 bits per heavy atom. The SMILES string of the molecule is CC.Cc1ccc(N2CC(C)(C)N(C)C2=O)nn1. The summed E-state index contributed by atoms with van der Waals surface area (Å²) in [5, 5.41) is 8.01. The van der Waals surface area contributed by atoms with E-state index in [2.05, 4.69) is 10.2 Å². The molecule has 0 bridgehead atoms. The number of hydrogen-bond acceptors (Lipinski definition) is 3. The van der Waals surface area contributed by atoms with Crippen molar-refractivity contribution in [2.45, 2.75) is 40.2 Å². The van der Waals surface area contributed by atoms with E-state index >= 15 is 0 Å². The molecule has 0 aromatic carbocycles. The largest absolute Gasteiger partial charge is 0.326 e. The summed E-state index contributed by atoms with van der Waals surface area (Å²) in [6.07, 6.45) is 0. The Balaban J connectivity index is 0.000000771. The highest BCUT2D eigenvalue weighted by atomic mass is 16.2. The van der Waals surface area contributed by atoms with Crippen LogP contribution in [0.1, 0.15) is 33.4 Å². The van der Waals surface area contributed by atoms with Crippen LogP contribution in [0.3, 0.4) is 0 Å². The van der Waals surface area contributed by atoms with Gasteiger partial charge in [-0.1, -0.05) is 13.8 Å². The van der Waals surface area contributed by atoms with E-state index in [0.717, 1.165) is 5.69 Å². The summed E-state index contributed by atoms with van der Waals surface area (Å²) in [6.45, 7) is 10.6. The van der Waals surface area contributed by atoms with Gasteiger partial charge >= 0.3 is 6.03 Å². The first kappa shape index (κ1) is 14.4. The first-order valence-electron chi connectivity index (χ1n) is 6.27. The van der Waals surface area contributed by atoms with Gasteiger partial charge in [-0.15, -0.1) is 5.10 Å². The summed E-state index contributed by atoms with van der Waals surface area (Å²) < 4.78 is 0. The van der Waals surface area contributed by atoms with Gasteiger partial charge in [0.05, 0.1) is 17.8 Å². The molecule has 1 aromatic heterocycles. The van der Waals surface area contributed by atoms with Crippen molar-refractivity contribution in [2.24, 2.45) is 0 Å². The molecule has 0 radical (unpaired) electrons. The van der Waals surface area contributed by atoms with Crippen LogP contribution in [0.15, 0.2) is 12.1 Å². The van der Waals surface area contributed by atoms with Crippen molar-refractivity contribution < 1.29 is 4.79 Å². The molecule has 5 heteroatoms. The van der Waals surface area contributed by atoms with Crippen LogP contribution < -0.4 is 4.90 Å². The number of hydrogen-bond donors (Lipinski definition) is 0. The van der Waals surface area contributed by atoms with Gasteiger partial charge in [0.25, 0.3) is 0 Å². The number of amides is 2. The number of anilines is 1. The third-order valence-electron chi connectivity index (χ3n) is 3.03. The first-order chi connectivity index (χ1) is 8.42. The predicted molar refractivity (Wildman–Crippen MR) is 72.7 cm³/mol. The van der Waals surface area contributed by atoms with Gasteiger partial charge in [0.2, 0.25) is 0 Å². The zero-order valence-corrected chi connectivity index (χ0v) is 12.1. The van der Waals surface area contributed by atoms with Gasteiger partial charge in [-0.3, -0.25) is 4.90 Å². The van der Waals surface area contributed by atoms with Gasteiger partial charge in [0.1, 0.15) is 0 Å². The van der Waals surface area contributed by atoms with E-state index in [1.165, 1.54) is 0 Å². The number of aryl methyl sites for hydroxylation is 1. The monoisotopic (exact) mass is 250 g/mol. The zero-order chi connectivity index (χ0) is 13.9. The molecule has 2 rings (SSSR count). The fraction of sp³-hybridized carbons (Fsp3) is 0.615. The van der Waals surface area contributed by atoms with Gasteiger partial charge < -0.3 is 4.90 Å². The maximum atomic E-state index is 12.0. The van der Waals surface area contributed by atoms with Crippen molar-refractivity contribution in [1.29, 1.82) is 0 Å². The lowest BCUT2D eigenvalue weighted by Crippen LogP contribution is -2.38. The van der Waals surface area contributed by atoms with E-state index in [0.29, 0.717) is 12.4 Å². The topological polar surface area (TPSA) is 49.3 Å². The summed E-state index contributed by atoms with van der Waals surface area (Å²) in [6, 6.07) is 3.67. The minimum absolute atomic E-state index is 0.0249. The fourth-order valence-electron chi connectivity index (χ4n) is 1.72. The van der Waals surface area contributed by atoms with Crippen LogP contribution in [0.2, 0.25) is 0 Å². The first-order valence-corrected chi connectivity index (χ1v) is 6.27. The molecule has 5 nitrogen and oxygen atoms in total. The molecule has 0 atom stereocenters. The molecule has 1 aromatic rings. The highest BCUT2D eigenvalue weighted by Gasteiger charge is 2.41. The van der Waals surface area contributed by atoms with Crippen LogP contribution in [0.5, 0.6) is 0 Å². The van der Waals surface area contributed by atoms with Crippen LogP contribution in [-0.4, -0.2) is 40.3 Å². The molecule has 0 N–H and O–H groups in total. The van der Waals surface area contributed by atoms with Crippen molar-refractivity contribution in [1.82, 2.24) is 15.1 Å². The average Bonchev–Trinajstić information content (AvgIpc) is 2.57. The number of carbonyl (C=O) groups excluding carboxylic acids is 1. The molecule has 1 aliphatic heterocycles. The van der Waals surface area contributed by atoms with Crippen molar-refractivity contribution >= 4 is 11.8 Å². The quantitative estimate of drug-likeness (QED) is 0.769. The lowest BCUT2D eigenvalue weighted by Gasteiger charge is -2.24. The average molecular weight is 250 g/mol. The van der Waals surface area contributed by atoms with Crippen LogP contribution in [-0.2, 0) is 0 Å². The summed E-state index contributed by atoms with van der Waals surface area (Å²) >= 11 is 0. The Bertz CT molecular complexity index is 414.